The molecule has 1 fully saturated rings. The normalized spacial score (nSPS) is 14.4. The fraction of sp³-hybridized carbons (Fsp3) is 0.412. The molecule has 4 aromatic rings. The van der Waals surface area contributed by atoms with Crippen molar-refractivity contribution in [1.29, 1.82) is 0 Å². The maximum atomic E-state index is 13.3. The first kappa shape index (κ1) is 40.5. The molecule has 1 saturated carbocycles. The van der Waals surface area contributed by atoms with Gasteiger partial charge in [0.2, 0.25) is 11.9 Å². The molecule has 0 spiro atoms. The Labute approximate surface area is 298 Å². The Kier molecular flexibility index (Phi) is 12.6. The maximum Gasteiger partial charge on any atom is 0.433 e. The van der Waals surface area contributed by atoms with E-state index in [4.69, 9.17) is 0 Å². The monoisotopic (exact) mass is 772 g/mol. The largest absolute Gasteiger partial charge is 0.433 e. The molecule has 18 heteroatoms. The minimum atomic E-state index is -4.61. The molecule has 0 atom stereocenters. The van der Waals surface area contributed by atoms with Gasteiger partial charge in [-0.1, -0.05) is 57.4 Å². The highest BCUT2D eigenvalue weighted by molar-refractivity contribution is 7.91. The maximum absolute atomic E-state index is 13.3. The second-order valence-electron chi connectivity index (χ2n) is 12.8. The van der Waals surface area contributed by atoms with Crippen molar-refractivity contribution in [3.05, 3.63) is 72.1 Å². The summed E-state index contributed by atoms with van der Waals surface area (Å²) in [6.07, 6.45) is -2.17. The molecule has 0 unspecified atom stereocenters. The van der Waals surface area contributed by atoms with Crippen LogP contribution >= 0.6 is 0 Å². The van der Waals surface area contributed by atoms with E-state index in [0.29, 0.717) is 17.7 Å². The molecule has 2 N–H and O–H groups in total. The Morgan fingerprint density at radius 3 is 1.44 bits per heavy atom. The van der Waals surface area contributed by atoms with Gasteiger partial charge < -0.3 is 10.6 Å². The molecule has 0 amide bonds. The number of anilines is 2. The van der Waals surface area contributed by atoms with Crippen molar-refractivity contribution in [2.24, 2.45) is 5.92 Å². The molecule has 2 aromatic heterocycles. The quantitative estimate of drug-likeness (QED) is 0.161. The number of hydrogen-bond acceptors (Lipinski definition) is 10. The topological polar surface area (TPSA) is 144 Å². The average Bonchev–Trinajstić information content (AvgIpc) is 3.06. The fourth-order valence-corrected chi connectivity index (χ4v) is 6.36. The Bertz CT molecular complexity index is 2050. The molecule has 1 aliphatic carbocycles. The first-order valence-electron chi connectivity index (χ1n) is 16.1. The molecule has 52 heavy (non-hydrogen) atoms. The summed E-state index contributed by atoms with van der Waals surface area (Å²) in [5, 5.41) is 5.81. The number of aromatic nitrogens is 4. The van der Waals surface area contributed by atoms with Crippen molar-refractivity contribution in [3.8, 4) is 22.5 Å². The molecule has 10 nitrogen and oxygen atoms in total. The van der Waals surface area contributed by atoms with Crippen LogP contribution in [0.2, 0.25) is 0 Å². The van der Waals surface area contributed by atoms with E-state index < -0.39 is 43.4 Å². The molecule has 282 valence electrons. The number of nitrogens with zero attached hydrogens (tertiary/aromatic N) is 4. The van der Waals surface area contributed by atoms with Gasteiger partial charge in [-0.15, -0.1) is 0 Å². The molecule has 5 rings (SSSR count). The molecule has 0 bridgehead atoms. The molecule has 2 heterocycles. The van der Waals surface area contributed by atoms with Gasteiger partial charge in [0.15, 0.2) is 31.1 Å². The van der Waals surface area contributed by atoms with E-state index in [-0.39, 0.29) is 45.0 Å². The lowest BCUT2D eigenvalue weighted by Crippen LogP contribution is -2.24. The van der Waals surface area contributed by atoms with E-state index in [9.17, 15) is 43.2 Å². The third-order valence-corrected chi connectivity index (χ3v) is 10.1. The number of rotatable bonds is 9. The SMILES string of the molecule is CC(C)CNc1nc(-c2ccc(S(C)(=O)=O)cc2)cc(C(F)(F)F)n1.CS(=O)(=O)c1ccc(-c2cc(C(F)(F)F)nc(NC3CCCCC3)n2)cc1. The van der Waals surface area contributed by atoms with Crippen LogP contribution < -0.4 is 10.6 Å². The van der Waals surface area contributed by atoms with E-state index in [0.717, 1.165) is 56.7 Å². The van der Waals surface area contributed by atoms with Gasteiger partial charge in [0.25, 0.3) is 0 Å². The van der Waals surface area contributed by atoms with Gasteiger partial charge in [-0.25, -0.2) is 36.8 Å². The second kappa shape index (κ2) is 16.1. The first-order chi connectivity index (χ1) is 24.1. The van der Waals surface area contributed by atoms with Gasteiger partial charge in [-0.05, 0) is 55.2 Å². The number of halogens is 6. The Hall–Kier alpha value is -4.32. The first-order valence-corrected chi connectivity index (χ1v) is 19.9. The lowest BCUT2D eigenvalue weighted by Gasteiger charge is -2.23. The third-order valence-electron chi connectivity index (χ3n) is 7.80. The third kappa shape index (κ3) is 11.6. The van der Waals surface area contributed by atoms with Crippen LogP contribution in [0.5, 0.6) is 0 Å². The van der Waals surface area contributed by atoms with Crippen molar-refractivity contribution in [3.63, 3.8) is 0 Å². The summed E-state index contributed by atoms with van der Waals surface area (Å²) in [5.74, 6) is 0.0280. The van der Waals surface area contributed by atoms with Crippen LogP contribution in [0.4, 0.5) is 38.2 Å². The predicted octanol–water partition coefficient (Wildman–Crippen LogP) is 7.94. The molecular formula is C34H38F6N6O4S2. The minimum Gasteiger partial charge on any atom is -0.354 e. The Morgan fingerprint density at radius 2 is 1.06 bits per heavy atom. The summed E-state index contributed by atoms with van der Waals surface area (Å²) >= 11 is 0. The number of hydrogen-bond donors (Lipinski definition) is 2. The molecular weight excluding hydrogens is 735 g/mol. The van der Waals surface area contributed by atoms with Crippen molar-refractivity contribution in [2.75, 3.05) is 29.7 Å². The van der Waals surface area contributed by atoms with E-state index in [2.05, 4.69) is 30.6 Å². The van der Waals surface area contributed by atoms with Crippen LogP contribution in [0, 0.1) is 5.92 Å². The number of benzene rings is 2. The standard InChI is InChI=1S/C18H20F3N3O2S.C16H18F3N3O2S/c1-27(25,26)14-9-7-12(8-10-14)15-11-16(18(19,20)21)24-17(23-15)22-13-5-3-2-4-6-13;1-10(2)9-20-15-21-13(8-14(22-15)16(17,18)19)11-4-6-12(7-5-11)25(3,23)24/h7-11,13H,2-6H2,1H3,(H,22,23,24);4-8,10H,9H2,1-3H3,(H,20,21,22). The lowest BCUT2D eigenvalue weighted by atomic mass is 9.96. The van der Waals surface area contributed by atoms with Crippen LogP contribution in [0.15, 0.2) is 70.5 Å². The molecule has 1 aliphatic rings. The van der Waals surface area contributed by atoms with E-state index in [1.165, 1.54) is 48.5 Å². The van der Waals surface area contributed by atoms with Crippen LogP contribution in [-0.2, 0) is 32.0 Å². The van der Waals surface area contributed by atoms with Gasteiger partial charge in [-0.3, -0.25) is 0 Å². The van der Waals surface area contributed by atoms with E-state index in [1.54, 1.807) is 0 Å². The summed E-state index contributed by atoms with van der Waals surface area (Å²) in [6, 6.07) is 12.9. The summed E-state index contributed by atoms with van der Waals surface area (Å²) < 4.78 is 125. The molecule has 0 radical (unpaired) electrons. The summed E-state index contributed by atoms with van der Waals surface area (Å²) in [7, 11) is -6.77. The van der Waals surface area contributed by atoms with Gasteiger partial charge in [0.1, 0.15) is 0 Å². The Balaban J connectivity index is 0.000000234. The summed E-state index contributed by atoms with van der Waals surface area (Å²) in [5.41, 5.74) is -1.17. The van der Waals surface area contributed by atoms with Crippen molar-refractivity contribution >= 4 is 31.6 Å². The molecule has 0 aliphatic heterocycles. The highest BCUT2D eigenvalue weighted by Gasteiger charge is 2.35. The lowest BCUT2D eigenvalue weighted by molar-refractivity contribution is -0.141. The highest BCUT2D eigenvalue weighted by atomic mass is 32.2. The minimum absolute atomic E-state index is 0.0566. The van der Waals surface area contributed by atoms with Crippen molar-refractivity contribution in [2.45, 2.75) is 74.1 Å². The number of alkyl halides is 6. The Morgan fingerprint density at radius 1 is 0.654 bits per heavy atom. The zero-order chi connectivity index (χ0) is 38.5. The second-order valence-corrected chi connectivity index (χ2v) is 16.8. The number of nitrogens with one attached hydrogen (secondary N) is 2. The molecule has 0 saturated heterocycles. The van der Waals surface area contributed by atoms with Crippen LogP contribution in [0.25, 0.3) is 22.5 Å². The van der Waals surface area contributed by atoms with Crippen molar-refractivity contribution < 1.29 is 43.2 Å². The predicted molar refractivity (Wildman–Crippen MR) is 185 cm³/mol. The van der Waals surface area contributed by atoms with Gasteiger partial charge in [0.05, 0.1) is 21.2 Å². The van der Waals surface area contributed by atoms with Crippen LogP contribution in [0.3, 0.4) is 0 Å². The number of sulfone groups is 2. The van der Waals surface area contributed by atoms with Crippen LogP contribution in [-0.4, -0.2) is 61.9 Å². The summed E-state index contributed by atoms with van der Waals surface area (Å²) in [6.45, 7) is 4.24. The van der Waals surface area contributed by atoms with Gasteiger partial charge in [0, 0.05) is 36.2 Å². The molecule has 2 aromatic carbocycles. The summed E-state index contributed by atoms with van der Waals surface area (Å²) in [4.78, 5) is 15.7. The van der Waals surface area contributed by atoms with E-state index >= 15 is 0 Å². The average molecular weight is 773 g/mol. The zero-order valence-corrected chi connectivity index (χ0v) is 30.3. The van der Waals surface area contributed by atoms with Gasteiger partial charge in [-0.2, -0.15) is 26.3 Å². The van der Waals surface area contributed by atoms with Crippen LogP contribution in [0.1, 0.15) is 57.3 Å². The fourth-order valence-electron chi connectivity index (χ4n) is 5.09. The zero-order valence-electron chi connectivity index (χ0n) is 28.7. The van der Waals surface area contributed by atoms with Crippen molar-refractivity contribution in [1.82, 2.24) is 19.9 Å². The van der Waals surface area contributed by atoms with Gasteiger partial charge >= 0.3 is 12.4 Å². The smallest absolute Gasteiger partial charge is 0.354 e. The highest BCUT2D eigenvalue weighted by Crippen LogP contribution is 2.33. The van der Waals surface area contributed by atoms with E-state index in [1.807, 2.05) is 13.8 Å².